The second kappa shape index (κ2) is 7.72. The van der Waals surface area contributed by atoms with Gasteiger partial charge in [-0.2, -0.15) is 5.10 Å². The Morgan fingerprint density at radius 3 is 2.62 bits per heavy atom. The van der Waals surface area contributed by atoms with Gasteiger partial charge in [-0.25, -0.2) is 4.79 Å². The molecule has 1 aromatic carbocycles. The van der Waals surface area contributed by atoms with Crippen LogP contribution in [0.15, 0.2) is 30.3 Å². The molecule has 6 nitrogen and oxygen atoms in total. The molecule has 0 spiro atoms. The average molecular weight is 355 g/mol. The van der Waals surface area contributed by atoms with Gasteiger partial charge in [-0.1, -0.05) is 30.3 Å². The van der Waals surface area contributed by atoms with Gasteiger partial charge in [-0.05, 0) is 45.1 Å². The van der Waals surface area contributed by atoms with E-state index < -0.39 is 5.97 Å². The number of aryl methyl sites for hydroxylation is 1. The molecule has 1 fully saturated rings. The molecule has 26 heavy (non-hydrogen) atoms. The first-order valence-corrected chi connectivity index (χ1v) is 9.00. The van der Waals surface area contributed by atoms with Crippen LogP contribution in [0.4, 0.5) is 0 Å². The molecule has 1 heterocycles. The van der Waals surface area contributed by atoms with Gasteiger partial charge in [0.2, 0.25) is 0 Å². The molecule has 1 amide bonds. The van der Waals surface area contributed by atoms with Crippen molar-refractivity contribution in [3.63, 3.8) is 0 Å². The molecule has 1 aliphatic rings. The quantitative estimate of drug-likeness (QED) is 0.775. The molecule has 0 bridgehead atoms. The number of hydrogen-bond acceptors (Lipinski definition) is 4. The molecule has 0 radical (unpaired) electrons. The molecular formula is C20H25N3O3. The minimum absolute atomic E-state index is 0.137. The van der Waals surface area contributed by atoms with Gasteiger partial charge in [0.15, 0.2) is 6.61 Å². The molecule has 1 saturated carbocycles. The SMILES string of the molecule is Cc1nn(Cc2ccccc2)c(C)c1C(=O)OCC(=O)NC(C)C1CC1. The van der Waals surface area contributed by atoms with Gasteiger partial charge in [-0.15, -0.1) is 0 Å². The summed E-state index contributed by atoms with van der Waals surface area (Å²) in [6.07, 6.45) is 2.31. The van der Waals surface area contributed by atoms with E-state index in [1.54, 1.807) is 11.6 Å². The fraction of sp³-hybridized carbons (Fsp3) is 0.450. The maximum absolute atomic E-state index is 12.4. The summed E-state index contributed by atoms with van der Waals surface area (Å²) in [5.41, 5.74) is 2.88. The van der Waals surface area contributed by atoms with E-state index in [2.05, 4.69) is 10.4 Å². The number of nitrogens with one attached hydrogen (secondary N) is 1. The largest absolute Gasteiger partial charge is 0.452 e. The molecule has 6 heteroatoms. The summed E-state index contributed by atoms with van der Waals surface area (Å²) >= 11 is 0. The van der Waals surface area contributed by atoms with Crippen molar-refractivity contribution >= 4 is 11.9 Å². The lowest BCUT2D eigenvalue weighted by Crippen LogP contribution is -2.37. The van der Waals surface area contributed by atoms with Crippen LogP contribution in [0.1, 0.15) is 47.1 Å². The number of aromatic nitrogens is 2. The molecule has 1 atom stereocenters. The Kier molecular flexibility index (Phi) is 5.40. The highest BCUT2D eigenvalue weighted by Crippen LogP contribution is 2.32. The number of carbonyl (C=O) groups is 2. The van der Waals surface area contributed by atoms with Gasteiger partial charge in [0, 0.05) is 6.04 Å². The molecule has 1 unspecified atom stereocenters. The molecule has 138 valence electrons. The van der Waals surface area contributed by atoms with E-state index in [1.807, 2.05) is 44.2 Å². The minimum Gasteiger partial charge on any atom is -0.452 e. The van der Waals surface area contributed by atoms with Gasteiger partial charge in [-0.3, -0.25) is 9.48 Å². The van der Waals surface area contributed by atoms with E-state index in [-0.39, 0.29) is 18.6 Å². The number of esters is 1. The Bertz CT molecular complexity index is 794. The third-order valence-electron chi connectivity index (χ3n) is 4.81. The van der Waals surface area contributed by atoms with Crippen molar-refractivity contribution in [2.45, 2.75) is 46.2 Å². The van der Waals surface area contributed by atoms with Crippen molar-refractivity contribution in [1.82, 2.24) is 15.1 Å². The number of amides is 1. The number of ether oxygens (including phenoxy) is 1. The Morgan fingerprint density at radius 1 is 1.27 bits per heavy atom. The van der Waals surface area contributed by atoms with E-state index in [1.165, 1.54) is 0 Å². The van der Waals surface area contributed by atoms with Crippen LogP contribution < -0.4 is 5.32 Å². The normalized spacial score (nSPS) is 14.7. The highest BCUT2D eigenvalue weighted by molar-refractivity contribution is 5.93. The molecule has 3 rings (SSSR count). The van der Waals surface area contributed by atoms with E-state index in [4.69, 9.17) is 4.74 Å². The number of benzene rings is 1. The van der Waals surface area contributed by atoms with Gasteiger partial charge >= 0.3 is 5.97 Å². The van der Waals surface area contributed by atoms with E-state index in [0.29, 0.717) is 23.7 Å². The lowest BCUT2D eigenvalue weighted by molar-refractivity contribution is -0.125. The third kappa shape index (κ3) is 4.31. The first-order chi connectivity index (χ1) is 12.5. The minimum atomic E-state index is -0.506. The predicted octanol–water partition coefficient (Wildman–Crippen LogP) is 2.62. The van der Waals surface area contributed by atoms with Crippen molar-refractivity contribution in [3.05, 3.63) is 52.8 Å². The summed E-state index contributed by atoms with van der Waals surface area (Å²) in [5, 5.41) is 7.33. The van der Waals surface area contributed by atoms with Crippen LogP contribution in [-0.4, -0.2) is 34.3 Å². The zero-order chi connectivity index (χ0) is 18.7. The maximum Gasteiger partial charge on any atom is 0.342 e. The Balaban J connectivity index is 1.61. The first-order valence-electron chi connectivity index (χ1n) is 9.00. The van der Waals surface area contributed by atoms with Crippen molar-refractivity contribution in [3.8, 4) is 0 Å². The summed E-state index contributed by atoms with van der Waals surface area (Å²) in [5.74, 6) is -0.200. The van der Waals surface area contributed by atoms with Gasteiger partial charge in [0.25, 0.3) is 5.91 Å². The summed E-state index contributed by atoms with van der Waals surface area (Å²) in [6, 6.07) is 10.1. The second-order valence-corrected chi connectivity index (χ2v) is 6.96. The molecular weight excluding hydrogens is 330 g/mol. The Hall–Kier alpha value is -2.63. The lowest BCUT2D eigenvalue weighted by Gasteiger charge is -2.12. The zero-order valence-electron chi connectivity index (χ0n) is 15.5. The second-order valence-electron chi connectivity index (χ2n) is 6.96. The van der Waals surface area contributed by atoms with Crippen LogP contribution >= 0.6 is 0 Å². The molecule has 0 saturated heterocycles. The summed E-state index contributed by atoms with van der Waals surface area (Å²) in [6.45, 7) is 5.92. The monoisotopic (exact) mass is 355 g/mol. The van der Waals surface area contributed by atoms with Crippen LogP contribution in [0, 0.1) is 19.8 Å². The van der Waals surface area contributed by atoms with E-state index in [9.17, 15) is 9.59 Å². The fourth-order valence-corrected chi connectivity index (χ4v) is 3.12. The molecule has 1 aromatic heterocycles. The lowest BCUT2D eigenvalue weighted by atomic mass is 10.2. The van der Waals surface area contributed by atoms with Crippen molar-refractivity contribution in [2.75, 3.05) is 6.61 Å². The topological polar surface area (TPSA) is 73.2 Å². The van der Waals surface area contributed by atoms with Crippen molar-refractivity contribution in [1.29, 1.82) is 0 Å². The highest BCUT2D eigenvalue weighted by Gasteiger charge is 2.29. The molecule has 0 aliphatic heterocycles. The fourth-order valence-electron chi connectivity index (χ4n) is 3.12. The van der Waals surface area contributed by atoms with E-state index >= 15 is 0 Å². The number of carbonyl (C=O) groups excluding carboxylic acids is 2. The van der Waals surface area contributed by atoms with Crippen LogP contribution in [0.25, 0.3) is 0 Å². The smallest absolute Gasteiger partial charge is 0.342 e. The summed E-state index contributed by atoms with van der Waals surface area (Å²) in [7, 11) is 0. The molecule has 1 N–H and O–H groups in total. The van der Waals surface area contributed by atoms with Gasteiger partial charge < -0.3 is 10.1 Å². The van der Waals surface area contributed by atoms with Crippen molar-refractivity contribution in [2.24, 2.45) is 5.92 Å². The predicted molar refractivity (Wildman–Crippen MR) is 97.9 cm³/mol. The van der Waals surface area contributed by atoms with Crippen molar-refractivity contribution < 1.29 is 14.3 Å². The van der Waals surface area contributed by atoms with Gasteiger partial charge in [0.05, 0.1) is 17.9 Å². The average Bonchev–Trinajstić information content (AvgIpc) is 3.41. The molecule has 1 aliphatic carbocycles. The number of hydrogen-bond donors (Lipinski definition) is 1. The summed E-state index contributed by atoms with van der Waals surface area (Å²) in [4.78, 5) is 24.4. The van der Waals surface area contributed by atoms with Crippen LogP contribution in [0.3, 0.4) is 0 Å². The van der Waals surface area contributed by atoms with Crippen LogP contribution in [0.5, 0.6) is 0 Å². The van der Waals surface area contributed by atoms with Gasteiger partial charge in [0.1, 0.15) is 5.56 Å². The standard InChI is InChI=1S/C20H25N3O3/c1-13(17-9-10-17)21-18(24)12-26-20(25)19-14(2)22-23(15(19)3)11-16-7-5-4-6-8-16/h4-8,13,17H,9-12H2,1-3H3,(H,21,24). The maximum atomic E-state index is 12.4. The van der Waals surface area contributed by atoms with E-state index in [0.717, 1.165) is 24.1 Å². The number of nitrogens with zero attached hydrogens (tertiary/aromatic N) is 2. The van der Waals surface area contributed by atoms with Crippen LogP contribution in [0.2, 0.25) is 0 Å². The molecule has 2 aromatic rings. The highest BCUT2D eigenvalue weighted by atomic mass is 16.5. The van der Waals surface area contributed by atoms with Crippen LogP contribution in [-0.2, 0) is 16.1 Å². The first kappa shape index (κ1) is 18.2. The Morgan fingerprint density at radius 2 is 1.96 bits per heavy atom. The summed E-state index contributed by atoms with van der Waals surface area (Å²) < 4.78 is 7.00. The Labute approximate surface area is 153 Å². The third-order valence-corrected chi connectivity index (χ3v) is 4.81. The zero-order valence-corrected chi connectivity index (χ0v) is 15.5. The number of rotatable bonds is 7.